The highest BCUT2D eigenvalue weighted by molar-refractivity contribution is 5.88. The summed E-state index contributed by atoms with van der Waals surface area (Å²) in [6, 6.07) is 3.38. The van der Waals surface area contributed by atoms with E-state index < -0.39 is 0 Å². The molecule has 1 heterocycles. The van der Waals surface area contributed by atoms with E-state index in [0.717, 1.165) is 0 Å². The van der Waals surface area contributed by atoms with Gasteiger partial charge in [0.2, 0.25) is 0 Å². The van der Waals surface area contributed by atoms with E-state index in [0.29, 0.717) is 18.2 Å². The van der Waals surface area contributed by atoms with Gasteiger partial charge in [-0.2, -0.15) is 0 Å². The van der Waals surface area contributed by atoms with E-state index in [9.17, 15) is 4.79 Å². The smallest absolute Gasteiger partial charge is 0.319 e. The molecule has 4 nitrogen and oxygen atoms in total. The lowest BCUT2D eigenvalue weighted by Crippen LogP contribution is -2.31. The first-order valence-electron chi connectivity index (χ1n) is 4.63. The predicted octanol–water partition coefficient (Wildman–Crippen LogP) is 1.86. The van der Waals surface area contributed by atoms with E-state index in [1.807, 2.05) is 13.8 Å². The second kappa shape index (κ2) is 5.21. The zero-order valence-electron chi connectivity index (χ0n) is 8.45. The first-order chi connectivity index (χ1) is 6.68. The Balaban J connectivity index is 2.35. The number of pyridine rings is 1. The Labute approximate surface area is 83.7 Å². The van der Waals surface area contributed by atoms with Crippen LogP contribution in [0.4, 0.5) is 10.5 Å². The van der Waals surface area contributed by atoms with Crippen LogP contribution < -0.4 is 10.6 Å². The second-order valence-corrected chi connectivity index (χ2v) is 3.47. The molecule has 0 aliphatic heterocycles. The number of nitrogens with zero attached hydrogens (tertiary/aromatic N) is 1. The van der Waals surface area contributed by atoms with Gasteiger partial charge >= 0.3 is 6.03 Å². The van der Waals surface area contributed by atoms with Crippen molar-refractivity contribution in [2.75, 3.05) is 11.9 Å². The third-order valence-electron chi connectivity index (χ3n) is 1.59. The fourth-order valence-corrected chi connectivity index (χ4v) is 0.909. The molecule has 0 fully saturated rings. The van der Waals surface area contributed by atoms with E-state index >= 15 is 0 Å². The van der Waals surface area contributed by atoms with E-state index in [4.69, 9.17) is 0 Å². The standard InChI is InChI=1S/C10H15N3O/c1-8(2)6-12-10(14)13-9-4-3-5-11-7-9/h3-5,7-8H,6H2,1-2H3,(H2,12,13,14). The van der Waals surface area contributed by atoms with Crippen molar-refractivity contribution in [3.05, 3.63) is 24.5 Å². The van der Waals surface area contributed by atoms with Gasteiger partial charge in [-0.15, -0.1) is 0 Å². The van der Waals surface area contributed by atoms with Crippen LogP contribution in [0.3, 0.4) is 0 Å². The Morgan fingerprint density at radius 1 is 1.57 bits per heavy atom. The number of nitrogens with one attached hydrogen (secondary N) is 2. The Hall–Kier alpha value is -1.58. The fourth-order valence-electron chi connectivity index (χ4n) is 0.909. The van der Waals surface area contributed by atoms with Crippen LogP contribution >= 0.6 is 0 Å². The summed E-state index contributed by atoms with van der Waals surface area (Å²) in [6.07, 6.45) is 3.27. The largest absolute Gasteiger partial charge is 0.338 e. The van der Waals surface area contributed by atoms with E-state index in [1.54, 1.807) is 24.5 Å². The molecule has 0 atom stereocenters. The van der Waals surface area contributed by atoms with E-state index in [1.165, 1.54) is 0 Å². The lowest BCUT2D eigenvalue weighted by molar-refractivity contribution is 0.251. The molecule has 0 saturated carbocycles. The zero-order chi connectivity index (χ0) is 10.4. The summed E-state index contributed by atoms with van der Waals surface area (Å²) in [5.41, 5.74) is 0.703. The molecule has 1 rings (SSSR count). The van der Waals surface area contributed by atoms with Crippen LogP contribution in [0.2, 0.25) is 0 Å². The summed E-state index contributed by atoms with van der Waals surface area (Å²) >= 11 is 0. The maximum absolute atomic E-state index is 11.3. The van der Waals surface area contributed by atoms with E-state index in [-0.39, 0.29) is 6.03 Å². The first-order valence-corrected chi connectivity index (χ1v) is 4.63. The SMILES string of the molecule is CC(C)CNC(=O)Nc1cccnc1. The molecule has 4 heteroatoms. The number of anilines is 1. The molecule has 1 aromatic rings. The van der Waals surface area contributed by atoms with Gasteiger partial charge in [-0.05, 0) is 18.1 Å². The van der Waals surface area contributed by atoms with Crippen LogP contribution in [0.15, 0.2) is 24.5 Å². The number of amides is 2. The monoisotopic (exact) mass is 193 g/mol. The predicted molar refractivity (Wildman–Crippen MR) is 56.1 cm³/mol. The Kier molecular flexibility index (Phi) is 3.91. The summed E-state index contributed by atoms with van der Waals surface area (Å²) in [6.45, 7) is 4.76. The number of rotatable bonds is 3. The topological polar surface area (TPSA) is 54.0 Å². The summed E-state index contributed by atoms with van der Waals surface area (Å²) in [5.74, 6) is 0.453. The molecule has 2 amide bonds. The Morgan fingerprint density at radius 2 is 2.36 bits per heavy atom. The maximum Gasteiger partial charge on any atom is 0.319 e. The van der Waals surface area contributed by atoms with Crippen molar-refractivity contribution in [2.24, 2.45) is 5.92 Å². The Bertz CT molecular complexity index is 285. The molecular weight excluding hydrogens is 178 g/mol. The van der Waals surface area contributed by atoms with Gasteiger partial charge in [0.05, 0.1) is 11.9 Å². The minimum absolute atomic E-state index is 0.188. The van der Waals surface area contributed by atoms with Gasteiger partial charge in [-0.3, -0.25) is 4.98 Å². The highest BCUT2D eigenvalue weighted by atomic mass is 16.2. The summed E-state index contributed by atoms with van der Waals surface area (Å²) in [5, 5.41) is 5.44. The van der Waals surface area contributed by atoms with Crippen molar-refractivity contribution in [1.82, 2.24) is 10.3 Å². The van der Waals surface area contributed by atoms with Crippen molar-refractivity contribution < 1.29 is 4.79 Å². The van der Waals surface area contributed by atoms with Crippen molar-refractivity contribution in [2.45, 2.75) is 13.8 Å². The van der Waals surface area contributed by atoms with Crippen LogP contribution in [0, 0.1) is 5.92 Å². The molecule has 0 unspecified atom stereocenters. The number of hydrogen-bond donors (Lipinski definition) is 2. The van der Waals surface area contributed by atoms with Crippen molar-refractivity contribution >= 4 is 11.7 Å². The van der Waals surface area contributed by atoms with E-state index in [2.05, 4.69) is 15.6 Å². The number of urea groups is 1. The minimum Gasteiger partial charge on any atom is -0.338 e. The molecule has 76 valence electrons. The molecule has 14 heavy (non-hydrogen) atoms. The molecule has 0 aliphatic rings. The average Bonchev–Trinajstić information content (AvgIpc) is 2.16. The lowest BCUT2D eigenvalue weighted by atomic mass is 10.2. The summed E-state index contributed by atoms with van der Waals surface area (Å²) in [7, 11) is 0. The Morgan fingerprint density at radius 3 is 2.93 bits per heavy atom. The molecular formula is C10H15N3O. The number of hydrogen-bond acceptors (Lipinski definition) is 2. The van der Waals surface area contributed by atoms with Gasteiger partial charge in [0, 0.05) is 12.7 Å². The molecule has 0 saturated heterocycles. The summed E-state index contributed by atoms with van der Waals surface area (Å²) < 4.78 is 0. The molecule has 0 bridgehead atoms. The average molecular weight is 193 g/mol. The first kappa shape index (κ1) is 10.5. The number of aromatic nitrogens is 1. The van der Waals surface area contributed by atoms with Gasteiger partial charge in [-0.25, -0.2) is 4.79 Å². The van der Waals surface area contributed by atoms with Crippen molar-refractivity contribution in [3.8, 4) is 0 Å². The number of carbonyl (C=O) groups is 1. The quantitative estimate of drug-likeness (QED) is 0.769. The third-order valence-corrected chi connectivity index (χ3v) is 1.59. The fraction of sp³-hybridized carbons (Fsp3) is 0.400. The van der Waals surface area contributed by atoms with Crippen LogP contribution in [-0.2, 0) is 0 Å². The van der Waals surface area contributed by atoms with Gasteiger partial charge in [0.25, 0.3) is 0 Å². The molecule has 2 N–H and O–H groups in total. The van der Waals surface area contributed by atoms with Gasteiger partial charge in [-0.1, -0.05) is 13.8 Å². The normalized spacial score (nSPS) is 9.93. The highest BCUT2D eigenvalue weighted by Crippen LogP contribution is 2.01. The van der Waals surface area contributed by atoms with Crippen molar-refractivity contribution in [3.63, 3.8) is 0 Å². The molecule has 0 radical (unpaired) electrons. The van der Waals surface area contributed by atoms with Crippen LogP contribution in [0.5, 0.6) is 0 Å². The van der Waals surface area contributed by atoms with Gasteiger partial charge in [0.15, 0.2) is 0 Å². The van der Waals surface area contributed by atoms with Gasteiger partial charge in [0.1, 0.15) is 0 Å². The van der Waals surface area contributed by atoms with Crippen LogP contribution in [-0.4, -0.2) is 17.6 Å². The number of carbonyl (C=O) groups excluding carboxylic acids is 1. The lowest BCUT2D eigenvalue weighted by Gasteiger charge is -2.08. The highest BCUT2D eigenvalue weighted by Gasteiger charge is 2.01. The van der Waals surface area contributed by atoms with Crippen molar-refractivity contribution in [1.29, 1.82) is 0 Å². The second-order valence-electron chi connectivity index (χ2n) is 3.47. The summed E-state index contributed by atoms with van der Waals surface area (Å²) in [4.78, 5) is 15.2. The maximum atomic E-state index is 11.3. The van der Waals surface area contributed by atoms with Crippen LogP contribution in [0.1, 0.15) is 13.8 Å². The van der Waals surface area contributed by atoms with Gasteiger partial charge < -0.3 is 10.6 Å². The molecule has 0 aromatic carbocycles. The minimum atomic E-state index is -0.188. The van der Waals surface area contributed by atoms with Crippen LogP contribution in [0.25, 0.3) is 0 Å². The third kappa shape index (κ3) is 3.89. The molecule has 1 aromatic heterocycles. The molecule has 0 aliphatic carbocycles. The molecule has 0 spiro atoms. The zero-order valence-corrected chi connectivity index (χ0v) is 8.45.